The molecule has 0 aliphatic carbocycles. The quantitative estimate of drug-likeness (QED) is 0.454. The predicted molar refractivity (Wildman–Crippen MR) is 48.7 cm³/mol. The van der Waals surface area contributed by atoms with E-state index in [9.17, 15) is 0 Å². The van der Waals surface area contributed by atoms with Gasteiger partial charge in [0.15, 0.2) is 10.2 Å². The smallest absolute Gasteiger partial charge is 0.174 e. The zero-order valence-electron chi connectivity index (χ0n) is 5.82. The Bertz CT molecular complexity index is 169. The summed E-state index contributed by atoms with van der Waals surface area (Å²) in [6, 6.07) is 0. The molecule has 1 aliphatic heterocycles. The number of hydrogen-bond acceptors (Lipinski definition) is 2. The van der Waals surface area contributed by atoms with Crippen LogP contribution >= 0.6 is 24.4 Å². The second-order valence-corrected chi connectivity index (χ2v) is 3.47. The molecular formula is C5H9N3S2. The van der Waals surface area contributed by atoms with E-state index in [1.165, 1.54) is 0 Å². The standard InChI is InChI=1S/C5H9N3S2/c1-5(2)7-3(9)6-4(10)8-5/h1-2H3,(H3,6,7,8,9,10). The highest BCUT2D eigenvalue weighted by atomic mass is 32.1. The molecule has 10 heavy (non-hydrogen) atoms. The highest BCUT2D eigenvalue weighted by Gasteiger charge is 2.24. The summed E-state index contributed by atoms with van der Waals surface area (Å²) >= 11 is 9.76. The van der Waals surface area contributed by atoms with Gasteiger partial charge in [-0.25, -0.2) is 0 Å². The lowest BCUT2D eigenvalue weighted by Crippen LogP contribution is -2.67. The molecule has 0 aromatic rings. The van der Waals surface area contributed by atoms with Gasteiger partial charge < -0.3 is 16.0 Å². The Morgan fingerprint density at radius 2 is 1.50 bits per heavy atom. The van der Waals surface area contributed by atoms with Gasteiger partial charge in [-0.05, 0) is 38.3 Å². The highest BCUT2D eigenvalue weighted by Crippen LogP contribution is 1.99. The molecule has 0 spiro atoms. The molecular weight excluding hydrogens is 166 g/mol. The van der Waals surface area contributed by atoms with Crippen LogP contribution in [0.1, 0.15) is 13.8 Å². The van der Waals surface area contributed by atoms with Crippen molar-refractivity contribution in [3.63, 3.8) is 0 Å². The third-order valence-electron chi connectivity index (χ3n) is 1.08. The van der Waals surface area contributed by atoms with Crippen molar-refractivity contribution in [3.05, 3.63) is 0 Å². The number of nitrogens with one attached hydrogen (secondary N) is 3. The van der Waals surface area contributed by atoms with E-state index in [1.807, 2.05) is 13.8 Å². The predicted octanol–water partition coefficient (Wildman–Crippen LogP) is 0.0747. The molecule has 1 heterocycles. The third-order valence-corrected chi connectivity index (χ3v) is 1.49. The Hall–Kier alpha value is -0.420. The monoisotopic (exact) mass is 175 g/mol. The van der Waals surface area contributed by atoms with Crippen LogP contribution in [0.15, 0.2) is 0 Å². The van der Waals surface area contributed by atoms with E-state index < -0.39 is 0 Å². The van der Waals surface area contributed by atoms with Gasteiger partial charge in [0.05, 0.1) is 0 Å². The maximum absolute atomic E-state index is 4.88. The minimum Gasteiger partial charge on any atom is -0.340 e. The summed E-state index contributed by atoms with van der Waals surface area (Å²) < 4.78 is 0. The molecule has 5 heteroatoms. The molecule has 1 aliphatic rings. The Balaban J connectivity index is 2.68. The first-order valence-corrected chi connectivity index (χ1v) is 3.72. The van der Waals surface area contributed by atoms with E-state index in [2.05, 4.69) is 16.0 Å². The van der Waals surface area contributed by atoms with E-state index in [-0.39, 0.29) is 5.66 Å². The molecule has 0 aromatic heterocycles. The molecule has 0 atom stereocenters. The Kier molecular flexibility index (Phi) is 1.78. The van der Waals surface area contributed by atoms with E-state index >= 15 is 0 Å². The van der Waals surface area contributed by atoms with E-state index in [4.69, 9.17) is 24.4 Å². The van der Waals surface area contributed by atoms with E-state index in [1.54, 1.807) is 0 Å². The number of rotatable bonds is 0. The maximum Gasteiger partial charge on any atom is 0.174 e. The van der Waals surface area contributed by atoms with Gasteiger partial charge in [0.25, 0.3) is 0 Å². The lowest BCUT2D eigenvalue weighted by Gasteiger charge is -2.35. The molecule has 0 amide bonds. The Morgan fingerprint density at radius 1 is 1.10 bits per heavy atom. The fourth-order valence-corrected chi connectivity index (χ4v) is 1.54. The fourth-order valence-electron chi connectivity index (χ4n) is 0.765. The third kappa shape index (κ3) is 1.78. The molecule has 0 saturated carbocycles. The van der Waals surface area contributed by atoms with Crippen LogP contribution in [0, 0.1) is 0 Å². The first-order valence-electron chi connectivity index (χ1n) is 2.91. The van der Waals surface area contributed by atoms with Crippen LogP contribution in [0.3, 0.4) is 0 Å². The summed E-state index contributed by atoms with van der Waals surface area (Å²) in [5.74, 6) is 0. The van der Waals surface area contributed by atoms with Gasteiger partial charge in [0.1, 0.15) is 5.66 Å². The molecule has 0 unspecified atom stereocenters. The van der Waals surface area contributed by atoms with Crippen molar-refractivity contribution in [1.82, 2.24) is 16.0 Å². The van der Waals surface area contributed by atoms with Gasteiger partial charge in [-0.15, -0.1) is 0 Å². The van der Waals surface area contributed by atoms with E-state index in [0.29, 0.717) is 10.2 Å². The van der Waals surface area contributed by atoms with Crippen LogP contribution in [0.4, 0.5) is 0 Å². The lowest BCUT2D eigenvalue weighted by molar-refractivity contribution is 0.413. The Morgan fingerprint density at radius 3 is 1.80 bits per heavy atom. The molecule has 1 fully saturated rings. The summed E-state index contributed by atoms with van der Waals surface area (Å²) in [4.78, 5) is 0. The van der Waals surface area contributed by atoms with Crippen molar-refractivity contribution in [2.24, 2.45) is 0 Å². The number of thiocarbonyl (C=S) groups is 2. The molecule has 3 nitrogen and oxygen atoms in total. The minimum absolute atomic E-state index is 0.223. The van der Waals surface area contributed by atoms with Gasteiger partial charge in [0.2, 0.25) is 0 Å². The number of hydrogen-bond donors (Lipinski definition) is 3. The van der Waals surface area contributed by atoms with Crippen LogP contribution < -0.4 is 16.0 Å². The topological polar surface area (TPSA) is 36.1 Å². The van der Waals surface area contributed by atoms with E-state index in [0.717, 1.165) is 0 Å². The summed E-state index contributed by atoms with van der Waals surface area (Å²) in [5.41, 5.74) is -0.223. The largest absolute Gasteiger partial charge is 0.340 e. The fraction of sp³-hybridized carbons (Fsp3) is 0.600. The average Bonchev–Trinajstić information content (AvgIpc) is 1.54. The zero-order chi connectivity index (χ0) is 7.78. The van der Waals surface area contributed by atoms with Crippen molar-refractivity contribution in [2.75, 3.05) is 0 Å². The normalized spacial score (nSPS) is 22.6. The first-order chi connectivity index (χ1) is 4.49. The van der Waals surface area contributed by atoms with Gasteiger partial charge in [-0.3, -0.25) is 0 Å². The van der Waals surface area contributed by atoms with Crippen LogP contribution in [0.2, 0.25) is 0 Å². The molecule has 0 bridgehead atoms. The second kappa shape index (κ2) is 2.32. The zero-order valence-corrected chi connectivity index (χ0v) is 7.45. The van der Waals surface area contributed by atoms with Gasteiger partial charge in [0, 0.05) is 0 Å². The summed E-state index contributed by atoms with van der Waals surface area (Å²) in [5, 5.41) is 9.95. The molecule has 1 saturated heterocycles. The first kappa shape index (κ1) is 7.68. The van der Waals surface area contributed by atoms with Crippen LogP contribution in [-0.2, 0) is 0 Å². The summed E-state index contributed by atoms with van der Waals surface area (Å²) in [6.45, 7) is 3.93. The van der Waals surface area contributed by atoms with Crippen LogP contribution in [0.25, 0.3) is 0 Å². The summed E-state index contributed by atoms with van der Waals surface area (Å²) in [7, 11) is 0. The molecule has 56 valence electrons. The lowest BCUT2D eigenvalue weighted by atomic mass is 10.2. The van der Waals surface area contributed by atoms with Crippen molar-refractivity contribution in [3.8, 4) is 0 Å². The Labute approximate surface area is 70.6 Å². The SMILES string of the molecule is CC1(C)NC(=S)NC(=S)N1. The summed E-state index contributed by atoms with van der Waals surface area (Å²) in [6.07, 6.45) is 0. The van der Waals surface area contributed by atoms with Gasteiger partial charge in [-0.1, -0.05) is 0 Å². The van der Waals surface area contributed by atoms with Crippen LogP contribution in [-0.4, -0.2) is 15.9 Å². The van der Waals surface area contributed by atoms with Gasteiger partial charge >= 0.3 is 0 Å². The van der Waals surface area contributed by atoms with Crippen molar-refractivity contribution < 1.29 is 0 Å². The maximum atomic E-state index is 4.88. The molecule has 0 radical (unpaired) electrons. The van der Waals surface area contributed by atoms with Crippen molar-refractivity contribution >= 4 is 34.7 Å². The van der Waals surface area contributed by atoms with Gasteiger partial charge in [-0.2, -0.15) is 0 Å². The van der Waals surface area contributed by atoms with Crippen molar-refractivity contribution in [2.45, 2.75) is 19.5 Å². The average molecular weight is 175 g/mol. The second-order valence-electron chi connectivity index (χ2n) is 2.66. The molecule has 0 aromatic carbocycles. The van der Waals surface area contributed by atoms with Crippen molar-refractivity contribution in [1.29, 1.82) is 0 Å². The molecule has 3 N–H and O–H groups in total. The molecule has 1 rings (SSSR count). The minimum atomic E-state index is -0.223. The highest BCUT2D eigenvalue weighted by molar-refractivity contribution is 7.81. The van der Waals surface area contributed by atoms with Crippen LogP contribution in [0.5, 0.6) is 0 Å².